The van der Waals surface area contributed by atoms with E-state index in [0.29, 0.717) is 18.9 Å². The van der Waals surface area contributed by atoms with E-state index < -0.39 is 0 Å². The van der Waals surface area contributed by atoms with Gasteiger partial charge < -0.3 is 10.1 Å². The third-order valence-electron chi connectivity index (χ3n) is 2.98. The van der Waals surface area contributed by atoms with E-state index >= 15 is 0 Å². The van der Waals surface area contributed by atoms with Crippen molar-refractivity contribution >= 4 is 11.6 Å². The molecule has 0 saturated carbocycles. The molecule has 0 heterocycles. The van der Waals surface area contributed by atoms with Crippen molar-refractivity contribution in [2.75, 3.05) is 5.32 Å². The summed E-state index contributed by atoms with van der Waals surface area (Å²) >= 11 is 0. The summed E-state index contributed by atoms with van der Waals surface area (Å²) in [4.78, 5) is 11.7. The predicted octanol–water partition coefficient (Wildman–Crippen LogP) is 4.25. The van der Waals surface area contributed by atoms with Gasteiger partial charge in [0.25, 0.3) is 0 Å². The molecular formula is C18H21NO2. The van der Waals surface area contributed by atoms with Crippen LogP contribution in [0.4, 0.5) is 5.69 Å². The first kappa shape index (κ1) is 15.1. The van der Waals surface area contributed by atoms with Crippen molar-refractivity contribution in [3.63, 3.8) is 0 Å². The molecule has 21 heavy (non-hydrogen) atoms. The van der Waals surface area contributed by atoms with Crippen LogP contribution in [0.15, 0.2) is 54.6 Å². The Labute approximate surface area is 126 Å². The highest BCUT2D eigenvalue weighted by Gasteiger charge is 2.05. The van der Waals surface area contributed by atoms with Crippen molar-refractivity contribution in [1.82, 2.24) is 0 Å². The molecule has 0 aliphatic rings. The summed E-state index contributed by atoms with van der Waals surface area (Å²) in [7, 11) is 0. The Hall–Kier alpha value is -2.29. The Morgan fingerprint density at radius 1 is 1.05 bits per heavy atom. The van der Waals surface area contributed by atoms with Crippen molar-refractivity contribution in [1.29, 1.82) is 0 Å². The topological polar surface area (TPSA) is 38.3 Å². The summed E-state index contributed by atoms with van der Waals surface area (Å²) in [5, 5.41) is 2.88. The lowest BCUT2D eigenvalue weighted by Gasteiger charge is -2.09. The molecule has 0 aromatic heterocycles. The number of carbonyl (C=O) groups is 1. The molecule has 110 valence electrons. The van der Waals surface area contributed by atoms with Gasteiger partial charge in [0, 0.05) is 12.1 Å². The minimum atomic E-state index is 0.0444. The van der Waals surface area contributed by atoms with Gasteiger partial charge in [0.15, 0.2) is 0 Å². The van der Waals surface area contributed by atoms with Gasteiger partial charge in [-0.05, 0) is 35.7 Å². The zero-order chi connectivity index (χ0) is 15.1. The van der Waals surface area contributed by atoms with Crippen molar-refractivity contribution in [2.45, 2.75) is 26.9 Å². The van der Waals surface area contributed by atoms with Crippen LogP contribution in [0, 0.1) is 5.92 Å². The normalized spacial score (nSPS) is 10.4. The molecule has 0 atom stereocenters. The van der Waals surface area contributed by atoms with Gasteiger partial charge in [-0.1, -0.05) is 44.2 Å². The molecular weight excluding hydrogens is 262 g/mol. The van der Waals surface area contributed by atoms with Crippen LogP contribution in [0.2, 0.25) is 0 Å². The number of rotatable bonds is 6. The standard InChI is InChI=1S/C18H21NO2/c1-14(2)12-18(20)19-16-8-10-17(11-9-16)21-13-15-6-4-3-5-7-15/h3-11,14H,12-13H2,1-2H3,(H,19,20). The minimum Gasteiger partial charge on any atom is -0.489 e. The molecule has 3 heteroatoms. The molecule has 3 nitrogen and oxygen atoms in total. The van der Waals surface area contributed by atoms with E-state index in [1.807, 2.05) is 68.4 Å². The van der Waals surface area contributed by atoms with E-state index in [0.717, 1.165) is 17.0 Å². The Balaban J connectivity index is 1.86. The van der Waals surface area contributed by atoms with E-state index in [-0.39, 0.29) is 5.91 Å². The lowest BCUT2D eigenvalue weighted by atomic mass is 10.1. The SMILES string of the molecule is CC(C)CC(=O)Nc1ccc(OCc2ccccc2)cc1. The summed E-state index contributed by atoms with van der Waals surface area (Å²) in [6.07, 6.45) is 0.534. The van der Waals surface area contributed by atoms with Gasteiger partial charge in [-0.15, -0.1) is 0 Å². The lowest BCUT2D eigenvalue weighted by Crippen LogP contribution is -2.13. The molecule has 0 saturated heterocycles. The Morgan fingerprint density at radius 3 is 2.33 bits per heavy atom. The molecule has 0 fully saturated rings. The van der Waals surface area contributed by atoms with E-state index in [1.54, 1.807) is 0 Å². The van der Waals surface area contributed by atoms with E-state index in [2.05, 4.69) is 5.32 Å². The molecule has 0 unspecified atom stereocenters. The van der Waals surface area contributed by atoms with Gasteiger partial charge >= 0.3 is 0 Å². The molecule has 1 N–H and O–H groups in total. The quantitative estimate of drug-likeness (QED) is 0.860. The molecule has 1 amide bonds. The van der Waals surface area contributed by atoms with E-state index in [9.17, 15) is 4.79 Å². The minimum absolute atomic E-state index is 0.0444. The molecule has 0 aliphatic heterocycles. The second-order valence-electron chi connectivity index (χ2n) is 5.44. The number of hydrogen-bond donors (Lipinski definition) is 1. The van der Waals surface area contributed by atoms with Crippen LogP contribution in [-0.4, -0.2) is 5.91 Å². The fraction of sp³-hybridized carbons (Fsp3) is 0.278. The Kier molecular flexibility index (Phi) is 5.38. The Morgan fingerprint density at radius 2 is 1.71 bits per heavy atom. The predicted molar refractivity (Wildman–Crippen MR) is 85.3 cm³/mol. The van der Waals surface area contributed by atoms with Gasteiger partial charge in [-0.25, -0.2) is 0 Å². The van der Waals surface area contributed by atoms with Gasteiger partial charge in [0.2, 0.25) is 5.91 Å². The highest BCUT2D eigenvalue weighted by molar-refractivity contribution is 5.90. The van der Waals surface area contributed by atoms with Crippen molar-refractivity contribution in [3.05, 3.63) is 60.2 Å². The zero-order valence-electron chi connectivity index (χ0n) is 12.5. The molecule has 0 aliphatic carbocycles. The lowest BCUT2D eigenvalue weighted by molar-refractivity contribution is -0.116. The molecule has 2 aromatic rings. The molecule has 0 radical (unpaired) electrons. The summed E-state index contributed by atoms with van der Waals surface area (Å²) < 4.78 is 5.70. The van der Waals surface area contributed by atoms with Gasteiger partial charge in [0.05, 0.1) is 0 Å². The zero-order valence-corrected chi connectivity index (χ0v) is 12.5. The first-order valence-electron chi connectivity index (χ1n) is 7.20. The summed E-state index contributed by atoms with van der Waals surface area (Å²) in [6, 6.07) is 17.5. The van der Waals surface area contributed by atoms with Crippen LogP contribution in [-0.2, 0) is 11.4 Å². The number of amides is 1. The maximum atomic E-state index is 11.7. The fourth-order valence-electron chi connectivity index (χ4n) is 1.96. The third kappa shape index (κ3) is 5.30. The fourth-order valence-corrected chi connectivity index (χ4v) is 1.96. The maximum absolute atomic E-state index is 11.7. The summed E-state index contributed by atoms with van der Waals surface area (Å²) in [5.41, 5.74) is 1.93. The average molecular weight is 283 g/mol. The number of ether oxygens (including phenoxy) is 1. The number of anilines is 1. The highest BCUT2D eigenvalue weighted by atomic mass is 16.5. The van der Waals surface area contributed by atoms with Gasteiger partial charge in [-0.3, -0.25) is 4.79 Å². The third-order valence-corrected chi connectivity index (χ3v) is 2.98. The van der Waals surface area contributed by atoms with Crippen molar-refractivity contribution < 1.29 is 9.53 Å². The number of benzene rings is 2. The van der Waals surface area contributed by atoms with Crippen LogP contribution in [0.3, 0.4) is 0 Å². The maximum Gasteiger partial charge on any atom is 0.224 e. The second kappa shape index (κ2) is 7.48. The van der Waals surface area contributed by atoms with Crippen molar-refractivity contribution in [3.8, 4) is 5.75 Å². The summed E-state index contributed by atoms with van der Waals surface area (Å²) in [5.74, 6) is 1.20. The van der Waals surface area contributed by atoms with Crippen LogP contribution >= 0.6 is 0 Å². The highest BCUT2D eigenvalue weighted by Crippen LogP contribution is 2.17. The Bertz CT molecular complexity index is 562. The first-order valence-corrected chi connectivity index (χ1v) is 7.20. The van der Waals surface area contributed by atoms with Crippen LogP contribution < -0.4 is 10.1 Å². The first-order chi connectivity index (χ1) is 10.1. The molecule has 2 rings (SSSR count). The molecule has 0 spiro atoms. The van der Waals surface area contributed by atoms with E-state index in [4.69, 9.17) is 4.74 Å². The van der Waals surface area contributed by atoms with Gasteiger partial charge in [0.1, 0.15) is 12.4 Å². The van der Waals surface area contributed by atoms with Crippen LogP contribution in [0.5, 0.6) is 5.75 Å². The van der Waals surface area contributed by atoms with Crippen molar-refractivity contribution in [2.24, 2.45) is 5.92 Å². The largest absolute Gasteiger partial charge is 0.489 e. The average Bonchev–Trinajstić information content (AvgIpc) is 2.47. The number of carbonyl (C=O) groups excluding carboxylic acids is 1. The van der Waals surface area contributed by atoms with E-state index in [1.165, 1.54) is 0 Å². The van der Waals surface area contributed by atoms with Gasteiger partial charge in [-0.2, -0.15) is 0 Å². The summed E-state index contributed by atoms with van der Waals surface area (Å²) in [6.45, 7) is 4.60. The van der Waals surface area contributed by atoms with Crippen LogP contribution in [0.25, 0.3) is 0 Å². The molecule has 2 aromatic carbocycles. The number of nitrogens with one attached hydrogen (secondary N) is 1. The van der Waals surface area contributed by atoms with Crippen LogP contribution in [0.1, 0.15) is 25.8 Å². The monoisotopic (exact) mass is 283 g/mol. The smallest absolute Gasteiger partial charge is 0.224 e. The molecule has 0 bridgehead atoms. The number of hydrogen-bond acceptors (Lipinski definition) is 2. The second-order valence-corrected chi connectivity index (χ2v) is 5.44.